The fourth-order valence-electron chi connectivity index (χ4n) is 7.93. The normalized spacial score (nSPS) is 27.2. The Morgan fingerprint density at radius 3 is 1.91 bits per heavy atom. The van der Waals surface area contributed by atoms with Crippen molar-refractivity contribution in [2.24, 2.45) is 17.8 Å². The van der Waals surface area contributed by atoms with Gasteiger partial charge in [0.25, 0.3) is 5.91 Å². The predicted octanol–water partition coefficient (Wildman–Crippen LogP) is 4.09. The highest BCUT2D eigenvalue weighted by Crippen LogP contribution is 2.30. The number of aromatic nitrogens is 1. The van der Waals surface area contributed by atoms with Crippen molar-refractivity contribution in [2.45, 2.75) is 129 Å². The van der Waals surface area contributed by atoms with E-state index in [-0.39, 0.29) is 47.6 Å². The zero-order chi connectivity index (χ0) is 40.0. The highest BCUT2D eigenvalue weighted by atomic mass is 32.1. The second kappa shape index (κ2) is 18.5. The van der Waals surface area contributed by atoms with Crippen LogP contribution in [0.15, 0.2) is 35.7 Å². The summed E-state index contributed by atoms with van der Waals surface area (Å²) in [4.78, 5) is 94.9. The van der Waals surface area contributed by atoms with Gasteiger partial charge < -0.3 is 30.7 Å². The summed E-state index contributed by atoms with van der Waals surface area (Å²) in [6, 6.07) is 4.49. The molecule has 0 spiro atoms. The lowest BCUT2D eigenvalue weighted by atomic mass is 9.96. The van der Waals surface area contributed by atoms with Gasteiger partial charge in [0.2, 0.25) is 29.5 Å². The first-order chi connectivity index (χ1) is 26.2. The minimum atomic E-state index is -0.972. The molecule has 3 N–H and O–H groups in total. The highest BCUT2D eigenvalue weighted by Gasteiger charge is 2.44. The second-order valence-electron chi connectivity index (χ2n) is 16.0. The van der Waals surface area contributed by atoms with Gasteiger partial charge in [0, 0.05) is 31.9 Å². The molecule has 13 nitrogen and oxygen atoms in total. The zero-order valence-electron chi connectivity index (χ0n) is 33.4. The number of likely N-dealkylation sites (N-methyl/N-ethyl adjacent to an activating group) is 1. The molecular weight excluding hydrogens is 719 g/mol. The Morgan fingerprint density at radius 1 is 0.764 bits per heavy atom. The molecule has 3 aliphatic rings. The maximum atomic E-state index is 14.7. The molecule has 8 atom stereocenters. The van der Waals surface area contributed by atoms with E-state index < -0.39 is 54.0 Å². The number of thiazole rings is 1. The number of nitrogens with zero attached hydrogens (tertiary/aromatic N) is 4. The Morgan fingerprint density at radius 2 is 1.33 bits per heavy atom. The quantitative estimate of drug-likeness (QED) is 0.364. The molecule has 2 bridgehead atoms. The predicted molar refractivity (Wildman–Crippen MR) is 211 cm³/mol. The molecule has 2 fully saturated rings. The van der Waals surface area contributed by atoms with E-state index in [1.165, 1.54) is 16.2 Å². The standard InChI is InChI=1S/C41H59N7O6S/c1-8-25(5)33-38-43-29(23-55-38)35(49)42-28(21-24(3)4)39(52)46(7)32(22-27-15-11-10-12-16-27)40(53)47-19-13-17-30(47)37(51)45-34(26(6)9-2)41(54)48-20-14-18-31(48)36(50)44-33/h10-12,15-16,23-26,28,30-34H,8-9,13-14,17-22H2,1-7H3,(H,42,49)(H,44,50)(H,45,51)/t25-,26-,28-,30-,31-,32-,33-,34-/m0/s1. The van der Waals surface area contributed by atoms with Gasteiger partial charge in [-0.25, -0.2) is 4.98 Å². The van der Waals surface area contributed by atoms with Crippen LogP contribution in [0.2, 0.25) is 0 Å². The Bertz CT molecular complexity index is 1700. The summed E-state index contributed by atoms with van der Waals surface area (Å²) < 4.78 is 0. The van der Waals surface area contributed by atoms with Crippen molar-refractivity contribution < 1.29 is 28.8 Å². The average Bonchev–Trinajstić information content (AvgIpc) is 3.98. The van der Waals surface area contributed by atoms with E-state index in [1.807, 2.05) is 71.9 Å². The number of nitrogens with one attached hydrogen (secondary N) is 3. The van der Waals surface area contributed by atoms with Crippen LogP contribution < -0.4 is 16.0 Å². The third kappa shape index (κ3) is 9.56. The van der Waals surface area contributed by atoms with Gasteiger partial charge >= 0.3 is 0 Å². The van der Waals surface area contributed by atoms with Gasteiger partial charge in [-0.2, -0.15) is 0 Å². The lowest BCUT2D eigenvalue weighted by molar-refractivity contribution is -0.149. The zero-order valence-corrected chi connectivity index (χ0v) is 34.2. The number of carbonyl (C=O) groups excluding carboxylic acids is 6. The van der Waals surface area contributed by atoms with Crippen LogP contribution in [0.25, 0.3) is 0 Å². The minimum Gasteiger partial charge on any atom is -0.345 e. The van der Waals surface area contributed by atoms with Gasteiger partial charge in [0.1, 0.15) is 40.9 Å². The maximum absolute atomic E-state index is 14.7. The summed E-state index contributed by atoms with van der Waals surface area (Å²) in [6.45, 7) is 12.5. The van der Waals surface area contributed by atoms with Crippen molar-refractivity contribution in [2.75, 3.05) is 20.1 Å². The SMILES string of the molecule is CC[C@H](C)[C@@H]1NC(=O)[C@@H]2CCCN2C(=O)[C@H](Cc2ccccc2)N(C)C(=O)[C@H](CC(C)C)NC(=O)c2csc(n2)[C@H]([C@@H](C)CC)NC(=O)[C@@H]2CCCN2C1=O. The fraction of sp³-hybridized carbons (Fsp3) is 0.634. The average molecular weight is 778 g/mol. The molecule has 2 saturated heterocycles. The first kappa shape index (κ1) is 41.8. The number of fused-ring (bicyclic) bond motifs is 4. The Balaban J connectivity index is 1.59. The van der Waals surface area contributed by atoms with Crippen molar-refractivity contribution in [1.29, 1.82) is 0 Å². The summed E-state index contributed by atoms with van der Waals surface area (Å²) >= 11 is 1.26. The number of benzene rings is 1. The maximum Gasteiger partial charge on any atom is 0.271 e. The lowest BCUT2D eigenvalue weighted by Gasteiger charge is -2.36. The van der Waals surface area contributed by atoms with Crippen LogP contribution in [0.4, 0.5) is 0 Å². The van der Waals surface area contributed by atoms with E-state index in [4.69, 9.17) is 0 Å². The highest BCUT2D eigenvalue weighted by molar-refractivity contribution is 7.09. The van der Waals surface area contributed by atoms with Crippen molar-refractivity contribution in [3.63, 3.8) is 0 Å². The molecule has 2 aromatic rings. The van der Waals surface area contributed by atoms with Crippen LogP contribution in [0, 0.1) is 17.8 Å². The fourth-order valence-corrected chi connectivity index (χ4v) is 8.91. The van der Waals surface area contributed by atoms with Gasteiger partial charge in [-0.05, 0) is 55.4 Å². The molecule has 300 valence electrons. The molecule has 1 aromatic heterocycles. The number of hydrogen-bond donors (Lipinski definition) is 3. The summed E-state index contributed by atoms with van der Waals surface area (Å²) in [5, 5.41) is 11.3. The lowest BCUT2D eigenvalue weighted by Crippen LogP contribution is -2.60. The Kier molecular flexibility index (Phi) is 14.1. The van der Waals surface area contributed by atoms with Gasteiger partial charge in [0.15, 0.2) is 0 Å². The molecule has 5 rings (SSSR count). The molecule has 3 aliphatic heterocycles. The van der Waals surface area contributed by atoms with Crippen LogP contribution in [-0.4, -0.2) is 105 Å². The third-order valence-corrected chi connectivity index (χ3v) is 12.6. The van der Waals surface area contributed by atoms with Crippen LogP contribution in [-0.2, 0) is 30.4 Å². The van der Waals surface area contributed by atoms with Crippen molar-refractivity contribution in [1.82, 2.24) is 35.6 Å². The van der Waals surface area contributed by atoms with Crippen molar-refractivity contribution >= 4 is 46.8 Å². The molecule has 0 aliphatic carbocycles. The van der Waals surface area contributed by atoms with Crippen LogP contribution >= 0.6 is 11.3 Å². The van der Waals surface area contributed by atoms with Gasteiger partial charge in [-0.15, -0.1) is 11.3 Å². The van der Waals surface area contributed by atoms with E-state index in [1.54, 1.807) is 22.2 Å². The molecule has 55 heavy (non-hydrogen) atoms. The molecule has 0 unspecified atom stereocenters. The summed E-state index contributed by atoms with van der Waals surface area (Å²) in [5.74, 6) is -2.63. The van der Waals surface area contributed by atoms with E-state index in [2.05, 4.69) is 20.9 Å². The minimum absolute atomic E-state index is 0.0272. The number of carbonyl (C=O) groups is 6. The summed E-state index contributed by atoms with van der Waals surface area (Å²) in [6.07, 6.45) is 3.94. The molecular formula is C41H59N7O6S. The van der Waals surface area contributed by atoms with Crippen LogP contribution in [0.3, 0.4) is 0 Å². The Hall–Kier alpha value is -4.33. The molecule has 4 heterocycles. The van der Waals surface area contributed by atoms with Gasteiger partial charge in [0.05, 0.1) is 6.04 Å². The number of amides is 6. The van der Waals surface area contributed by atoms with E-state index in [0.717, 1.165) is 12.0 Å². The van der Waals surface area contributed by atoms with E-state index in [9.17, 15) is 28.8 Å². The third-order valence-electron chi connectivity index (χ3n) is 11.7. The molecule has 1 aromatic carbocycles. The monoisotopic (exact) mass is 777 g/mol. The molecule has 0 saturated carbocycles. The molecule has 14 heteroatoms. The van der Waals surface area contributed by atoms with Crippen molar-refractivity contribution in [3.8, 4) is 0 Å². The number of rotatable bonds is 8. The van der Waals surface area contributed by atoms with E-state index in [0.29, 0.717) is 56.6 Å². The number of hydrogen-bond acceptors (Lipinski definition) is 8. The van der Waals surface area contributed by atoms with Gasteiger partial charge in [-0.3, -0.25) is 28.8 Å². The first-order valence-corrected chi connectivity index (χ1v) is 20.9. The van der Waals surface area contributed by atoms with Crippen LogP contribution in [0.1, 0.15) is 114 Å². The molecule has 0 radical (unpaired) electrons. The first-order valence-electron chi connectivity index (χ1n) is 20.0. The summed E-state index contributed by atoms with van der Waals surface area (Å²) in [5.41, 5.74) is 0.973. The smallest absolute Gasteiger partial charge is 0.271 e. The van der Waals surface area contributed by atoms with Gasteiger partial charge in [-0.1, -0.05) is 84.7 Å². The topological polar surface area (TPSA) is 161 Å². The summed E-state index contributed by atoms with van der Waals surface area (Å²) in [7, 11) is 1.58. The largest absolute Gasteiger partial charge is 0.345 e. The van der Waals surface area contributed by atoms with Crippen molar-refractivity contribution in [3.05, 3.63) is 52.0 Å². The van der Waals surface area contributed by atoms with Crippen LogP contribution in [0.5, 0.6) is 0 Å². The molecule has 6 amide bonds. The van der Waals surface area contributed by atoms with E-state index >= 15 is 0 Å². The second-order valence-corrected chi connectivity index (χ2v) is 16.9. The Labute approximate surface area is 329 Å².